The molecule has 0 bridgehead atoms. The number of hydrogen-bond acceptors (Lipinski definition) is 4. The van der Waals surface area contributed by atoms with Gasteiger partial charge in [0.05, 0.1) is 11.9 Å². The normalized spacial score (nSPS) is 12.2. The van der Waals surface area contributed by atoms with E-state index in [2.05, 4.69) is 5.32 Å². The lowest BCUT2D eigenvalue weighted by Crippen LogP contribution is -2.53. The van der Waals surface area contributed by atoms with Crippen molar-refractivity contribution in [3.63, 3.8) is 0 Å². The van der Waals surface area contributed by atoms with Gasteiger partial charge in [-0.1, -0.05) is 99.1 Å². The average molecular weight is 584 g/mol. The summed E-state index contributed by atoms with van der Waals surface area (Å²) in [4.78, 5) is 29.3. The van der Waals surface area contributed by atoms with E-state index in [0.717, 1.165) is 21.7 Å². The number of hydrogen-bond donors (Lipinski definition) is 1. The maximum absolute atomic E-state index is 14.2. The first-order valence-corrected chi connectivity index (χ1v) is 15.6. The van der Waals surface area contributed by atoms with Crippen LogP contribution in [-0.4, -0.2) is 50.5 Å². The Labute approximate surface area is 243 Å². The zero-order valence-electron chi connectivity index (χ0n) is 23.5. The Balaban J connectivity index is 2.08. The number of aryl methyl sites for hydroxylation is 1. The molecule has 7 nitrogen and oxygen atoms in total. The molecule has 0 saturated heterocycles. The summed E-state index contributed by atoms with van der Waals surface area (Å²) < 4.78 is 27.1. The van der Waals surface area contributed by atoms with Crippen LogP contribution in [0.3, 0.4) is 0 Å². The molecule has 0 aromatic heterocycles. The van der Waals surface area contributed by atoms with Gasteiger partial charge in [0.1, 0.15) is 12.6 Å². The minimum absolute atomic E-state index is 0.0398. The van der Waals surface area contributed by atoms with Crippen molar-refractivity contribution in [2.45, 2.75) is 46.2 Å². The van der Waals surface area contributed by atoms with Gasteiger partial charge in [-0.25, -0.2) is 8.42 Å². The lowest BCUT2D eigenvalue weighted by atomic mass is 10.0. The van der Waals surface area contributed by atoms with E-state index in [-0.39, 0.29) is 24.8 Å². The number of amides is 2. The second-order valence-electron chi connectivity index (χ2n) is 10.2. The first kappa shape index (κ1) is 31.2. The molecule has 40 heavy (non-hydrogen) atoms. The van der Waals surface area contributed by atoms with E-state index in [0.29, 0.717) is 29.2 Å². The Morgan fingerprint density at radius 2 is 1.50 bits per heavy atom. The van der Waals surface area contributed by atoms with E-state index >= 15 is 0 Å². The second-order valence-corrected chi connectivity index (χ2v) is 12.5. The molecular formula is C31H38ClN3O4S. The fraction of sp³-hybridized carbons (Fsp3) is 0.355. The fourth-order valence-electron chi connectivity index (χ4n) is 4.43. The van der Waals surface area contributed by atoms with E-state index in [4.69, 9.17) is 11.6 Å². The molecule has 214 valence electrons. The smallest absolute Gasteiger partial charge is 0.244 e. The highest BCUT2D eigenvalue weighted by Crippen LogP contribution is 2.25. The van der Waals surface area contributed by atoms with Crippen molar-refractivity contribution in [2.24, 2.45) is 5.92 Å². The molecule has 0 radical (unpaired) electrons. The summed E-state index contributed by atoms with van der Waals surface area (Å²) in [7, 11) is -3.83. The first-order chi connectivity index (χ1) is 19.0. The molecule has 0 aliphatic rings. The molecule has 3 aromatic carbocycles. The van der Waals surface area contributed by atoms with Crippen LogP contribution >= 0.6 is 11.6 Å². The zero-order valence-corrected chi connectivity index (χ0v) is 25.1. The van der Waals surface area contributed by atoms with E-state index < -0.39 is 28.5 Å². The third-order valence-electron chi connectivity index (χ3n) is 6.57. The summed E-state index contributed by atoms with van der Waals surface area (Å²) >= 11 is 6.49. The molecule has 0 aliphatic heterocycles. The molecule has 0 heterocycles. The van der Waals surface area contributed by atoms with Crippen molar-refractivity contribution in [3.8, 4) is 0 Å². The number of para-hydroxylation sites is 1. The van der Waals surface area contributed by atoms with Crippen molar-refractivity contribution in [2.75, 3.05) is 23.7 Å². The minimum atomic E-state index is -3.83. The third-order valence-corrected chi connectivity index (χ3v) is 8.07. The molecule has 1 atom stereocenters. The Morgan fingerprint density at radius 1 is 0.900 bits per heavy atom. The van der Waals surface area contributed by atoms with E-state index in [9.17, 15) is 18.0 Å². The molecule has 3 rings (SSSR count). The predicted molar refractivity (Wildman–Crippen MR) is 162 cm³/mol. The standard InChI is InChI=1S/C31H38ClN3O4S/c1-5-25-15-10-12-18-28(25)35(40(4,38)39)22-30(36)34(21-26-16-9-11-17-27(26)32)29(31(37)33-20-23(2)3)19-24-13-7-6-8-14-24/h6-18,23,29H,5,19-22H2,1-4H3,(H,33,37)/t29-/m1/s1. The summed E-state index contributed by atoms with van der Waals surface area (Å²) in [6, 6.07) is 22.8. The van der Waals surface area contributed by atoms with Crippen LogP contribution in [0.25, 0.3) is 0 Å². The van der Waals surface area contributed by atoms with Crippen molar-refractivity contribution in [1.29, 1.82) is 0 Å². The molecule has 1 N–H and O–H groups in total. The summed E-state index contributed by atoms with van der Waals surface area (Å²) in [5.74, 6) is -0.602. The average Bonchev–Trinajstić information content (AvgIpc) is 2.93. The predicted octanol–water partition coefficient (Wildman–Crippen LogP) is 5.08. The molecular weight excluding hydrogens is 546 g/mol. The van der Waals surface area contributed by atoms with Gasteiger partial charge in [0.15, 0.2) is 0 Å². The number of carbonyl (C=O) groups excluding carboxylic acids is 2. The summed E-state index contributed by atoms with van der Waals surface area (Å²) in [5.41, 5.74) is 2.78. The van der Waals surface area contributed by atoms with Gasteiger partial charge in [-0.15, -0.1) is 0 Å². The Morgan fingerprint density at radius 3 is 2.10 bits per heavy atom. The number of halogens is 1. The molecule has 0 spiro atoms. The number of carbonyl (C=O) groups is 2. The van der Waals surface area contributed by atoms with Gasteiger partial charge in [0.25, 0.3) is 0 Å². The Bertz CT molecular complexity index is 1400. The van der Waals surface area contributed by atoms with Gasteiger partial charge in [-0.2, -0.15) is 0 Å². The SMILES string of the molecule is CCc1ccccc1N(CC(=O)N(Cc1ccccc1Cl)[C@H](Cc1ccccc1)C(=O)NCC(C)C)S(C)(=O)=O. The number of benzene rings is 3. The van der Waals surface area contributed by atoms with Gasteiger partial charge >= 0.3 is 0 Å². The molecule has 0 fully saturated rings. The van der Waals surface area contributed by atoms with Crippen molar-refractivity contribution in [3.05, 3.63) is 101 Å². The topological polar surface area (TPSA) is 86.8 Å². The monoisotopic (exact) mass is 583 g/mol. The van der Waals surface area contributed by atoms with Crippen LogP contribution < -0.4 is 9.62 Å². The van der Waals surface area contributed by atoms with Gasteiger partial charge in [-0.3, -0.25) is 13.9 Å². The van der Waals surface area contributed by atoms with Gasteiger partial charge in [-0.05, 0) is 41.2 Å². The molecule has 3 aromatic rings. The van der Waals surface area contributed by atoms with Crippen molar-refractivity contribution in [1.82, 2.24) is 10.2 Å². The number of sulfonamides is 1. The van der Waals surface area contributed by atoms with Crippen LogP contribution in [0, 0.1) is 5.92 Å². The zero-order chi connectivity index (χ0) is 29.3. The van der Waals surface area contributed by atoms with E-state index in [1.54, 1.807) is 30.3 Å². The summed E-state index contributed by atoms with van der Waals surface area (Å²) in [5, 5.41) is 3.43. The molecule has 2 amide bonds. The minimum Gasteiger partial charge on any atom is -0.354 e. The van der Waals surface area contributed by atoms with Crippen LogP contribution in [0.15, 0.2) is 78.9 Å². The van der Waals surface area contributed by atoms with Crippen molar-refractivity contribution >= 4 is 39.1 Å². The van der Waals surface area contributed by atoms with E-state index in [1.807, 2.05) is 69.3 Å². The Kier molecular flexibility index (Phi) is 11.2. The largest absolute Gasteiger partial charge is 0.354 e. The molecule has 0 saturated carbocycles. The first-order valence-electron chi connectivity index (χ1n) is 13.4. The van der Waals surface area contributed by atoms with E-state index in [1.165, 1.54) is 4.90 Å². The van der Waals surface area contributed by atoms with Crippen LogP contribution in [0.2, 0.25) is 5.02 Å². The van der Waals surface area contributed by atoms with Crippen LogP contribution in [0.4, 0.5) is 5.69 Å². The maximum atomic E-state index is 14.2. The summed E-state index contributed by atoms with van der Waals surface area (Å²) in [6.45, 7) is 5.95. The molecule has 0 aliphatic carbocycles. The number of nitrogens with one attached hydrogen (secondary N) is 1. The van der Waals surface area contributed by atoms with Crippen LogP contribution in [0.1, 0.15) is 37.5 Å². The van der Waals surface area contributed by atoms with Gasteiger partial charge < -0.3 is 10.2 Å². The number of nitrogens with zero attached hydrogens (tertiary/aromatic N) is 2. The Hall–Kier alpha value is -3.36. The van der Waals surface area contributed by atoms with Crippen molar-refractivity contribution < 1.29 is 18.0 Å². The number of anilines is 1. The van der Waals surface area contributed by atoms with Gasteiger partial charge in [0.2, 0.25) is 21.8 Å². The third kappa shape index (κ3) is 8.57. The molecule has 9 heteroatoms. The van der Waals surface area contributed by atoms with Crippen LogP contribution in [-0.2, 0) is 39.0 Å². The second kappa shape index (κ2) is 14.3. The highest BCUT2D eigenvalue weighted by molar-refractivity contribution is 7.92. The molecule has 0 unspecified atom stereocenters. The fourth-order valence-corrected chi connectivity index (χ4v) is 5.51. The highest BCUT2D eigenvalue weighted by Gasteiger charge is 2.33. The lowest BCUT2D eigenvalue weighted by Gasteiger charge is -2.34. The quantitative estimate of drug-likeness (QED) is 0.304. The summed E-state index contributed by atoms with van der Waals surface area (Å²) in [6.07, 6.45) is 1.93. The number of rotatable bonds is 13. The van der Waals surface area contributed by atoms with Gasteiger partial charge in [0, 0.05) is 24.5 Å². The van der Waals surface area contributed by atoms with Crippen LogP contribution in [0.5, 0.6) is 0 Å². The maximum Gasteiger partial charge on any atom is 0.244 e. The lowest BCUT2D eigenvalue weighted by molar-refractivity contribution is -0.140. The highest BCUT2D eigenvalue weighted by atomic mass is 35.5.